The quantitative estimate of drug-likeness (QED) is 0.729. The van der Waals surface area contributed by atoms with Crippen molar-refractivity contribution in [3.05, 3.63) is 53.8 Å². The Balaban J connectivity index is 1.33. The van der Waals surface area contributed by atoms with Gasteiger partial charge in [0.15, 0.2) is 0 Å². The highest BCUT2D eigenvalue weighted by molar-refractivity contribution is 7.89. The summed E-state index contributed by atoms with van der Waals surface area (Å²) in [6, 6.07) is 11.7. The molecule has 2 aromatic rings. The van der Waals surface area contributed by atoms with Gasteiger partial charge in [0.05, 0.1) is 10.6 Å². The van der Waals surface area contributed by atoms with E-state index < -0.39 is 10.0 Å². The van der Waals surface area contributed by atoms with E-state index >= 15 is 0 Å². The maximum absolute atomic E-state index is 14.1. The standard InChI is InChI=1S/C23H26FN3O3S/c1-16-14-18-15-19(8-9-21(18)27(16)23(28)17-6-7-17)31(29,30)26-12-10-25(11-13-26)22-5-3-2-4-20(22)24/h2-5,8-9,15-17H,6-7,10-14H2,1H3/t16-/m1/s1. The van der Waals surface area contributed by atoms with Crippen molar-refractivity contribution in [2.45, 2.75) is 37.1 Å². The lowest BCUT2D eigenvalue weighted by Crippen LogP contribution is -2.48. The fourth-order valence-electron chi connectivity index (χ4n) is 4.66. The Hall–Kier alpha value is -2.45. The number of nitrogens with zero attached hydrogens (tertiary/aromatic N) is 3. The van der Waals surface area contributed by atoms with Crippen LogP contribution in [0.25, 0.3) is 0 Å². The molecule has 1 saturated heterocycles. The molecule has 0 aromatic heterocycles. The van der Waals surface area contributed by atoms with Crippen molar-refractivity contribution >= 4 is 27.3 Å². The van der Waals surface area contributed by atoms with Crippen LogP contribution in [0, 0.1) is 11.7 Å². The van der Waals surface area contributed by atoms with Gasteiger partial charge in [-0.05, 0) is 62.1 Å². The summed E-state index contributed by atoms with van der Waals surface area (Å²) < 4.78 is 42.1. The van der Waals surface area contributed by atoms with Crippen LogP contribution in [0.5, 0.6) is 0 Å². The second-order valence-electron chi connectivity index (χ2n) is 8.67. The number of hydrogen-bond donors (Lipinski definition) is 0. The number of carbonyl (C=O) groups is 1. The lowest BCUT2D eigenvalue weighted by molar-refractivity contribution is -0.120. The van der Waals surface area contributed by atoms with Crippen molar-refractivity contribution in [2.75, 3.05) is 36.0 Å². The molecule has 1 saturated carbocycles. The van der Waals surface area contributed by atoms with E-state index in [2.05, 4.69) is 0 Å². The molecule has 2 heterocycles. The van der Waals surface area contributed by atoms with Crippen LogP contribution in [0.15, 0.2) is 47.4 Å². The van der Waals surface area contributed by atoms with Crippen LogP contribution in [0.3, 0.4) is 0 Å². The molecular formula is C23H26FN3O3S. The molecule has 2 aromatic carbocycles. The van der Waals surface area contributed by atoms with Gasteiger partial charge in [0.1, 0.15) is 5.82 Å². The summed E-state index contributed by atoms with van der Waals surface area (Å²) >= 11 is 0. The lowest BCUT2D eigenvalue weighted by Gasteiger charge is -2.35. The molecule has 1 amide bonds. The van der Waals surface area contributed by atoms with Crippen molar-refractivity contribution in [1.82, 2.24) is 4.31 Å². The van der Waals surface area contributed by atoms with Crippen molar-refractivity contribution in [3.63, 3.8) is 0 Å². The first kappa shape index (κ1) is 20.5. The number of hydrogen-bond acceptors (Lipinski definition) is 4. The molecule has 5 rings (SSSR count). The first-order chi connectivity index (χ1) is 14.9. The van der Waals surface area contributed by atoms with Crippen molar-refractivity contribution in [3.8, 4) is 0 Å². The minimum absolute atomic E-state index is 0.0466. The van der Waals surface area contributed by atoms with Crippen LogP contribution in [0.4, 0.5) is 15.8 Å². The van der Waals surface area contributed by atoms with Gasteiger partial charge in [0.25, 0.3) is 0 Å². The van der Waals surface area contributed by atoms with Crippen LogP contribution in [-0.2, 0) is 21.2 Å². The fraction of sp³-hybridized carbons (Fsp3) is 0.435. The van der Waals surface area contributed by atoms with Gasteiger partial charge < -0.3 is 9.80 Å². The van der Waals surface area contributed by atoms with E-state index in [0.29, 0.717) is 38.3 Å². The third kappa shape index (κ3) is 3.61. The summed E-state index contributed by atoms with van der Waals surface area (Å²) in [5, 5.41) is 0. The van der Waals surface area contributed by atoms with Gasteiger partial charge in [-0.2, -0.15) is 4.31 Å². The summed E-state index contributed by atoms with van der Waals surface area (Å²) in [5.41, 5.74) is 2.26. The number of sulfonamides is 1. The number of carbonyl (C=O) groups excluding carboxylic acids is 1. The first-order valence-electron chi connectivity index (χ1n) is 10.8. The van der Waals surface area contributed by atoms with Crippen LogP contribution in [-0.4, -0.2) is 50.9 Å². The van der Waals surface area contributed by atoms with Crippen LogP contribution in [0.1, 0.15) is 25.3 Å². The number of piperazine rings is 1. The van der Waals surface area contributed by atoms with E-state index in [1.165, 1.54) is 10.4 Å². The van der Waals surface area contributed by atoms with Gasteiger partial charge in [0, 0.05) is 43.8 Å². The van der Waals surface area contributed by atoms with Crippen molar-refractivity contribution in [1.29, 1.82) is 0 Å². The smallest absolute Gasteiger partial charge is 0.243 e. The van der Waals surface area contributed by atoms with Crippen molar-refractivity contribution < 1.29 is 17.6 Å². The predicted octanol–water partition coefficient (Wildman–Crippen LogP) is 3.02. The molecule has 0 radical (unpaired) electrons. The van der Waals surface area contributed by atoms with Gasteiger partial charge in [-0.1, -0.05) is 12.1 Å². The Morgan fingerprint density at radius 1 is 1.00 bits per heavy atom. The number of benzene rings is 2. The Labute approximate surface area is 182 Å². The van der Waals surface area contributed by atoms with E-state index in [9.17, 15) is 17.6 Å². The van der Waals surface area contributed by atoms with Gasteiger partial charge in [0.2, 0.25) is 15.9 Å². The van der Waals surface area contributed by atoms with E-state index in [1.54, 1.807) is 36.4 Å². The molecule has 1 aliphatic carbocycles. The minimum Gasteiger partial charge on any atom is -0.367 e. The molecule has 3 aliphatic rings. The van der Waals surface area contributed by atoms with E-state index in [4.69, 9.17) is 0 Å². The van der Waals surface area contributed by atoms with Gasteiger partial charge in [-0.25, -0.2) is 12.8 Å². The molecule has 31 heavy (non-hydrogen) atoms. The topological polar surface area (TPSA) is 60.9 Å². The zero-order valence-corrected chi connectivity index (χ0v) is 18.3. The van der Waals surface area contributed by atoms with Crippen LogP contribution >= 0.6 is 0 Å². The minimum atomic E-state index is -3.65. The highest BCUT2D eigenvalue weighted by Gasteiger charge is 2.40. The number of amides is 1. The van der Waals surface area contributed by atoms with Crippen LogP contribution < -0.4 is 9.80 Å². The zero-order chi connectivity index (χ0) is 21.8. The van der Waals surface area contributed by atoms with Gasteiger partial charge >= 0.3 is 0 Å². The summed E-state index contributed by atoms with van der Waals surface area (Å²) in [5.74, 6) is -0.00877. The zero-order valence-electron chi connectivity index (χ0n) is 17.5. The number of rotatable bonds is 4. The Kier molecular flexibility index (Phi) is 5.01. The monoisotopic (exact) mass is 443 g/mol. The lowest BCUT2D eigenvalue weighted by atomic mass is 10.1. The molecule has 164 valence electrons. The summed E-state index contributed by atoms with van der Waals surface area (Å²) in [6.07, 6.45) is 2.56. The molecule has 6 nitrogen and oxygen atoms in total. The molecule has 8 heteroatoms. The number of anilines is 2. The normalized spacial score (nSPS) is 21.9. The van der Waals surface area contributed by atoms with Crippen LogP contribution in [0.2, 0.25) is 0 Å². The fourth-order valence-corrected chi connectivity index (χ4v) is 6.13. The van der Waals surface area contributed by atoms with Gasteiger partial charge in [-0.3, -0.25) is 4.79 Å². The second-order valence-corrected chi connectivity index (χ2v) is 10.6. The number of para-hydroxylation sites is 1. The van der Waals surface area contributed by atoms with E-state index in [1.807, 2.05) is 16.7 Å². The molecular weight excluding hydrogens is 417 g/mol. The van der Waals surface area contributed by atoms with E-state index in [-0.39, 0.29) is 28.6 Å². The van der Waals surface area contributed by atoms with E-state index in [0.717, 1.165) is 24.1 Å². The molecule has 2 aliphatic heterocycles. The first-order valence-corrected chi connectivity index (χ1v) is 12.3. The third-order valence-electron chi connectivity index (χ3n) is 6.50. The average molecular weight is 444 g/mol. The summed E-state index contributed by atoms with van der Waals surface area (Å²) in [7, 11) is -3.65. The van der Waals surface area contributed by atoms with Crippen molar-refractivity contribution in [2.24, 2.45) is 5.92 Å². The largest absolute Gasteiger partial charge is 0.367 e. The predicted molar refractivity (Wildman–Crippen MR) is 117 cm³/mol. The maximum atomic E-state index is 14.1. The SMILES string of the molecule is C[C@@H]1Cc2cc(S(=O)(=O)N3CCN(c4ccccc4F)CC3)ccc2N1C(=O)C1CC1. The third-order valence-corrected chi connectivity index (χ3v) is 8.39. The summed E-state index contributed by atoms with van der Waals surface area (Å²) in [4.78, 5) is 16.6. The molecule has 0 unspecified atom stereocenters. The molecule has 2 fully saturated rings. The Bertz CT molecular complexity index is 1120. The molecule has 1 atom stereocenters. The second kappa shape index (κ2) is 7.60. The Morgan fingerprint density at radius 2 is 1.71 bits per heavy atom. The molecule has 0 spiro atoms. The van der Waals surface area contributed by atoms with Gasteiger partial charge in [-0.15, -0.1) is 0 Å². The number of halogens is 1. The number of fused-ring (bicyclic) bond motifs is 1. The molecule has 0 bridgehead atoms. The average Bonchev–Trinajstić information content (AvgIpc) is 3.56. The highest BCUT2D eigenvalue weighted by atomic mass is 32.2. The molecule has 0 N–H and O–H groups in total. The highest BCUT2D eigenvalue weighted by Crippen LogP contribution is 2.40. The Morgan fingerprint density at radius 3 is 2.39 bits per heavy atom. The summed E-state index contributed by atoms with van der Waals surface area (Å²) in [6.45, 7) is 3.49. The maximum Gasteiger partial charge on any atom is 0.243 e.